The molecule has 1 aromatic carbocycles. The van der Waals surface area contributed by atoms with Crippen molar-refractivity contribution < 1.29 is 10.0 Å². The highest BCUT2D eigenvalue weighted by Gasteiger charge is 2.22. The molecule has 0 aliphatic heterocycles. The maximum Gasteiger partial charge on any atom is 0.255 e. The van der Waals surface area contributed by atoms with Crippen LogP contribution in [0.25, 0.3) is 0 Å². The summed E-state index contributed by atoms with van der Waals surface area (Å²) in [6, 6.07) is 4.86. The van der Waals surface area contributed by atoms with Crippen LogP contribution in [-0.2, 0) is 0 Å². The standard InChI is InChI=1S/C13H17Cl2N3O2/c1-8(2)18(7-6-11(16)17-20)13(19)9-4-3-5-10(14)12(9)15/h3-5,8,20H,6-7H2,1-2H3,(H2,16,17). The van der Waals surface area contributed by atoms with E-state index in [2.05, 4.69) is 5.16 Å². The smallest absolute Gasteiger partial charge is 0.255 e. The van der Waals surface area contributed by atoms with E-state index >= 15 is 0 Å². The molecule has 0 bridgehead atoms. The Bertz CT molecular complexity index is 518. The van der Waals surface area contributed by atoms with Gasteiger partial charge in [-0.1, -0.05) is 34.4 Å². The highest BCUT2D eigenvalue weighted by atomic mass is 35.5. The number of nitrogens with two attached hydrogens (primary N) is 1. The monoisotopic (exact) mass is 317 g/mol. The molecular formula is C13H17Cl2N3O2. The third-order valence-electron chi connectivity index (χ3n) is 2.80. The van der Waals surface area contributed by atoms with Crippen molar-refractivity contribution in [2.45, 2.75) is 26.3 Å². The Labute approximate surface area is 127 Å². The van der Waals surface area contributed by atoms with Crippen LogP contribution < -0.4 is 5.73 Å². The van der Waals surface area contributed by atoms with Crippen LogP contribution in [0.3, 0.4) is 0 Å². The highest BCUT2D eigenvalue weighted by molar-refractivity contribution is 6.43. The molecule has 7 heteroatoms. The molecule has 1 amide bonds. The van der Waals surface area contributed by atoms with E-state index in [1.165, 1.54) is 0 Å². The van der Waals surface area contributed by atoms with Crippen molar-refractivity contribution in [3.05, 3.63) is 33.8 Å². The Balaban J connectivity index is 2.97. The lowest BCUT2D eigenvalue weighted by molar-refractivity contribution is 0.0711. The van der Waals surface area contributed by atoms with Gasteiger partial charge in [0.05, 0.1) is 15.6 Å². The van der Waals surface area contributed by atoms with E-state index in [9.17, 15) is 4.79 Å². The first-order valence-electron chi connectivity index (χ1n) is 6.09. The minimum absolute atomic E-state index is 0.0518. The summed E-state index contributed by atoms with van der Waals surface area (Å²) in [5, 5.41) is 12.0. The summed E-state index contributed by atoms with van der Waals surface area (Å²) < 4.78 is 0. The normalized spacial score (nSPS) is 11.8. The summed E-state index contributed by atoms with van der Waals surface area (Å²) in [4.78, 5) is 14.1. The molecule has 0 aliphatic carbocycles. The molecule has 0 unspecified atom stereocenters. The van der Waals surface area contributed by atoms with Crippen LogP contribution in [-0.4, -0.2) is 34.4 Å². The van der Waals surface area contributed by atoms with Gasteiger partial charge in [-0.3, -0.25) is 4.79 Å². The number of rotatable bonds is 5. The second-order valence-electron chi connectivity index (χ2n) is 4.54. The van der Waals surface area contributed by atoms with Crippen molar-refractivity contribution in [1.29, 1.82) is 0 Å². The van der Waals surface area contributed by atoms with E-state index in [-0.39, 0.29) is 29.2 Å². The molecule has 0 saturated carbocycles. The summed E-state index contributed by atoms with van der Waals surface area (Å²) in [6.07, 6.45) is 0.276. The van der Waals surface area contributed by atoms with Gasteiger partial charge >= 0.3 is 0 Å². The van der Waals surface area contributed by atoms with Crippen molar-refractivity contribution in [2.75, 3.05) is 6.54 Å². The summed E-state index contributed by atoms with van der Waals surface area (Å²) in [5.74, 6) is -0.168. The van der Waals surface area contributed by atoms with Crippen LogP contribution in [0.5, 0.6) is 0 Å². The molecule has 0 saturated heterocycles. The van der Waals surface area contributed by atoms with Gasteiger partial charge in [0.2, 0.25) is 0 Å². The van der Waals surface area contributed by atoms with E-state index in [0.717, 1.165) is 0 Å². The number of amidine groups is 1. The first-order chi connectivity index (χ1) is 9.38. The molecule has 1 aromatic rings. The molecule has 110 valence electrons. The van der Waals surface area contributed by atoms with Gasteiger partial charge in [0, 0.05) is 19.0 Å². The predicted octanol–water partition coefficient (Wildman–Crippen LogP) is 2.98. The zero-order valence-corrected chi connectivity index (χ0v) is 12.8. The number of carbonyl (C=O) groups is 1. The molecule has 0 atom stereocenters. The molecule has 0 fully saturated rings. The first-order valence-corrected chi connectivity index (χ1v) is 6.85. The summed E-state index contributed by atoms with van der Waals surface area (Å²) in [6.45, 7) is 4.08. The molecular weight excluding hydrogens is 301 g/mol. The maximum atomic E-state index is 12.5. The molecule has 0 heterocycles. The molecule has 20 heavy (non-hydrogen) atoms. The van der Waals surface area contributed by atoms with Gasteiger partial charge < -0.3 is 15.8 Å². The maximum absolute atomic E-state index is 12.5. The van der Waals surface area contributed by atoms with Gasteiger partial charge in [0.25, 0.3) is 5.91 Å². The quantitative estimate of drug-likeness (QED) is 0.379. The van der Waals surface area contributed by atoms with Crippen LogP contribution in [0.1, 0.15) is 30.6 Å². The number of hydrogen-bond acceptors (Lipinski definition) is 3. The molecule has 1 rings (SSSR count). The zero-order valence-electron chi connectivity index (χ0n) is 11.3. The predicted molar refractivity (Wildman–Crippen MR) is 80.7 cm³/mol. The topological polar surface area (TPSA) is 78.9 Å². The largest absolute Gasteiger partial charge is 0.409 e. The van der Waals surface area contributed by atoms with Crippen LogP contribution in [0, 0.1) is 0 Å². The third kappa shape index (κ3) is 4.02. The fraction of sp³-hybridized carbons (Fsp3) is 0.385. The van der Waals surface area contributed by atoms with Crippen molar-refractivity contribution in [3.8, 4) is 0 Å². The first kappa shape index (κ1) is 16.6. The number of hydrogen-bond donors (Lipinski definition) is 2. The average Bonchev–Trinajstić information content (AvgIpc) is 2.41. The molecule has 0 radical (unpaired) electrons. The number of oxime groups is 1. The minimum Gasteiger partial charge on any atom is -0.409 e. The van der Waals surface area contributed by atoms with Crippen molar-refractivity contribution in [2.24, 2.45) is 10.9 Å². The molecule has 0 aliphatic rings. The number of carbonyl (C=O) groups excluding carboxylic acids is 1. The van der Waals surface area contributed by atoms with Gasteiger partial charge in [-0.15, -0.1) is 0 Å². The summed E-state index contributed by atoms with van der Waals surface area (Å²) in [7, 11) is 0. The van der Waals surface area contributed by atoms with Crippen LogP contribution in [0.2, 0.25) is 10.0 Å². The lowest BCUT2D eigenvalue weighted by Crippen LogP contribution is -2.39. The SMILES string of the molecule is CC(C)N(CCC(N)=NO)C(=O)c1cccc(Cl)c1Cl. The van der Waals surface area contributed by atoms with Gasteiger partial charge in [0.15, 0.2) is 0 Å². The lowest BCUT2D eigenvalue weighted by atomic mass is 10.1. The zero-order chi connectivity index (χ0) is 15.3. The minimum atomic E-state index is -0.238. The van der Waals surface area contributed by atoms with Crippen LogP contribution in [0.15, 0.2) is 23.4 Å². The fourth-order valence-corrected chi connectivity index (χ4v) is 2.08. The Morgan fingerprint density at radius 2 is 2.10 bits per heavy atom. The van der Waals surface area contributed by atoms with Crippen molar-refractivity contribution in [3.63, 3.8) is 0 Å². The third-order valence-corrected chi connectivity index (χ3v) is 3.62. The molecule has 0 aromatic heterocycles. The number of benzene rings is 1. The van der Waals surface area contributed by atoms with Gasteiger partial charge in [-0.2, -0.15) is 0 Å². The van der Waals surface area contributed by atoms with Gasteiger partial charge in [0.1, 0.15) is 5.84 Å². The summed E-state index contributed by atoms with van der Waals surface area (Å²) in [5.41, 5.74) is 5.77. The van der Waals surface area contributed by atoms with Crippen LogP contribution >= 0.6 is 23.2 Å². The highest BCUT2D eigenvalue weighted by Crippen LogP contribution is 2.27. The van der Waals surface area contributed by atoms with E-state index < -0.39 is 0 Å². The van der Waals surface area contributed by atoms with Gasteiger partial charge in [-0.25, -0.2) is 0 Å². The Morgan fingerprint density at radius 1 is 1.45 bits per heavy atom. The Kier molecular flexibility index (Phi) is 6.10. The van der Waals surface area contributed by atoms with E-state index in [0.29, 0.717) is 17.1 Å². The van der Waals surface area contributed by atoms with Crippen molar-refractivity contribution >= 4 is 34.9 Å². The van der Waals surface area contributed by atoms with Crippen LogP contribution in [0.4, 0.5) is 0 Å². The number of amides is 1. The van der Waals surface area contributed by atoms with E-state index in [4.69, 9.17) is 34.1 Å². The second kappa shape index (κ2) is 7.36. The average molecular weight is 318 g/mol. The summed E-state index contributed by atoms with van der Waals surface area (Å²) >= 11 is 12.0. The molecule has 3 N–H and O–H groups in total. The fourth-order valence-electron chi connectivity index (χ4n) is 1.70. The van der Waals surface area contributed by atoms with Gasteiger partial charge in [-0.05, 0) is 26.0 Å². The number of halogens is 2. The van der Waals surface area contributed by atoms with E-state index in [1.807, 2.05) is 13.8 Å². The lowest BCUT2D eigenvalue weighted by Gasteiger charge is -2.27. The van der Waals surface area contributed by atoms with E-state index in [1.54, 1.807) is 23.1 Å². The number of nitrogens with zero attached hydrogens (tertiary/aromatic N) is 2. The van der Waals surface area contributed by atoms with Crippen molar-refractivity contribution in [1.82, 2.24) is 4.90 Å². The second-order valence-corrected chi connectivity index (χ2v) is 5.32. The Hall–Kier alpha value is -1.46. The molecule has 5 nitrogen and oxygen atoms in total. The molecule has 0 spiro atoms. The Morgan fingerprint density at radius 3 is 2.65 bits per heavy atom.